The van der Waals surface area contributed by atoms with E-state index in [2.05, 4.69) is 0 Å². The molecule has 0 aliphatic carbocycles. The van der Waals surface area contributed by atoms with E-state index in [0.717, 1.165) is 0 Å². The van der Waals surface area contributed by atoms with E-state index in [-0.39, 0.29) is 0 Å². The summed E-state index contributed by atoms with van der Waals surface area (Å²) in [6.45, 7) is 0. The van der Waals surface area contributed by atoms with Gasteiger partial charge in [-0.25, -0.2) is 0 Å². The molecule has 0 fully saturated rings. The van der Waals surface area contributed by atoms with E-state index in [0.29, 0.717) is 0 Å². The SMILES string of the molecule is O=[N+]([O-])O.[F][K]. The van der Waals surface area contributed by atoms with Gasteiger partial charge in [-0.3, -0.25) is 0 Å². The molecule has 0 aromatic rings. The molecule has 0 aromatic carbocycles. The first-order chi connectivity index (χ1) is 2.73. The molecule has 32 valence electrons. The van der Waals surface area contributed by atoms with Crippen LogP contribution in [0.4, 0.5) is -0.211 Å². The zero-order valence-electron chi connectivity index (χ0n) is 3.09. The molecule has 0 bridgehead atoms. The second-order valence-electron chi connectivity index (χ2n) is 0.238. The van der Waals surface area contributed by atoms with Gasteiger partial charge in [-0.1, -0.05) is 0 Å². The molecule has 0 amide bonds. The molecule has 4 nitrogen and oxygen atoms in total. The van der Waals surface area contributed by atoms with Gasteiger partial charge in [-0.05, 0) is 0 Å². The van der Waals surface area contributed by atoms with E-state index in [1.165, 1.54) is 0 Å². The first-order valence-corrected chi connectivity index (χ1v) is 2.12. The number of nitrogens with zero attached hydrogens (tertiary/aromatic N) is 1. The van der Waals surface area contributed by atoms with E-state index in [9.17, 15) is -0.211 Å². The Labute approximate surface area is 69.0 Å². The monoisotopic (exact) mass is 121 g/mol. The summed E-state index contributed by atoms with van der Waals surface area (Å²) in [6, 6.07) is 0. The van der Waals surface area contributed by atoms with E-state index in [4.69, 9.17) is 15.3 Å². The van der Waals surface area contributed by atoms with Gasteiger partial charge in [0.2, 0.25) is 0 Å². The van der Waals surface area contributed by atoms with Crippen LogP contribution in [-0.2, 0) is 0 Å². The van der Waals surface area contributed by atoms with Crippen molar-refractivity contribution in [3.63, 3.8) is 0 Å². The van der Waals surface area contributed by atoms with Crippen LogP contribution in [0.2, 0.25) is 0 Å². The molecular formula is HFKNO3. The van der Waals surface area contributed by atoms with Gasteiger partial charge < -0.3 is 5.21 Å². The Balaban J connectivity index is 0. The first kappa shape index (κ1) is 9.90. The van der Waals surface area contributed by atoms with Gasteiger partial charge in [0.1, 0.15) is 0 Å². The molecule has 0 atom stereocenters. The van der Waals surface area contributed by atoms with Crippen molar-refractivity contribution in [2.75, 3.05) is 0 Å². The Hall–Kier alpha value is 0.766. The molecule has 1 N–H and O–H groups in total. The van der Waals surface area contributed by atoms with Gasteiger partial charge in [0.15, 0.2) is 0 Å². The van der Waals surface area contributed by atoms with Crippen molar-refractivity contribution in [1.82, 2.24) is 0 Å². The summed E-state index contributed by atoms with van der Waals surface area (Å²) in [4.78, 5) is 8.36. The predicted octanol–water partition coefficient (Wildman–Crippen LogP) is -0.308. The summed E-state index contributed by atoms with van der Waals surface area (Å²) in [5.41, 5.74) is 0. The minimum absolute atomic E-state index is 0.438. The summed E-state index contributed by atoms with van der Waals surface area (Å²) < 4.78 is 9.69. The van der Waals surface area contributed by atoms with Crippen molar-refractivity contribution >= 4 is 49.9 Å². The molecule has 0 spiro atoms. The quantitative estimate of drug-likeness (QED) is 0.271. The minimum atomic E-state index is -1.50. The third kappa shape index (κ3) is 115. The number of hydrogen-bond donors (Lipinski definition) is 1. The topological polar surface area (TPSA) is 63.4 Å². The maximum atomic E-state index is 9.69. The maximum absolute atomic E-state index is 9.69. The number of rotatable bonds is 0. The number of halogens is 1. The van der Waals surface area contributed by atoms with Crippen molar-refractivity contribution in [2.45, 2.75) is 0 Å². The summed E-state index contributed by atoms with van der Waals surface area (Å²) in [5.74, 6) is 0. The Kier molecular flexibility index (Phi) is 15.2. The molecule has 0 unspecified atom stereocenters. The molecule has 0 aromatic heterocycles. The van der Waals surface area contributed by atoms with E-state index in [1.54, 1.807) is 0 Å². The molecule has 0 heterocycles. The molecule has 0 saturated heterocycles. The fourth-order valence-corrected chi connectivity index (χ4v) is 0. The van der Waals surface area contributed by atoms with Gasteiger partial charge >= 0.3 is 49.7 Å². The third-order valence-electron chi connectivity index (χ3n) is 0. The molecule has 0 aliphatic rings. The molecule has 0 aliphatic heterocycles. The van der Waals surface area contributed by atoms with Crippen molar-refractivity contribution < 1.29 is 10.1 Å². The van der Waals surface area contributed by atoms with Crippen LogP contribution >= 0.6 is 0 Å². The average molecular weight is 121 g/mol. The van der Waals surface area contributed by atoms with Gasteiger partial charge in [-0.2, -0.15) is 0 Å². The van der Waals surface area contributed by atoms with Gasteiger partial charge in [0, 0.05) is 0 Å². The van der Waals surface area contributed by atoms with Gasteiger partial charge in [-0.15, -0.1) is 10.1 Å². The fraction of sp³-hybridized carbons (Fsp3) is 0. The standard InChI is InChI=1S/FH.K.HNO3/c;;2-1(3)4/h1H;;(H,2,3,4)/q;+1;/p-1. The van der Waals surface area contributed by atoms with Crippen molar-refractivity contribution in [3.8, 4) is 0 Å². The Morgan fingerprint density at radius 2 is 1.83 bits per heavy atom. The molecule has 0 radical (unpaired) electrons. The van der Waals surface area contributed by atoms with Crippen LogP contribution in [0.25, 0.3) is 0 Å². The van der Waals surface area contributed by atoms with Crippen LogP contribution in [0.1, 0.15) is 0 Å². The predicted molar refractivity (Wildman–Crippen MR) is 15.6 cm³/mol. The van der Waals surface area contributed by atoms with Crippen molar-refractivity contribution in [1.29, 1.82) is 0 Å². The molecule has 6 heavy (non-hydrogen) atoms. The van der Waals surface area contributed by atoms with Gasteiger partial charge in [0.25, 0.3) is 5.09 Å². The molecular weight excluding hydrogens is 120 g/mol. The zero-order valence-corrected chi connectivity index (χ0v) is 6.21. The fourth-order valence-electron chi connectivity index (χ4n) is 0. The van der Waals surface area contributed by atoms with Crippen LogP contribution in [0.3, 0.4) is 0 Å². The summed E-state index contributed by atoms with van der Waals surface area (Å²) in [5, 5.41) is 13.6. The number of hydrogen-bond acceptors (Lipinski definition) is 2. The molecule has 0 saturated carbocycles. The van der Waals surface area contributed by atoms with Crippen LogP contribution in [0, 0.1) is 10.1 Å². The summed E-state index contributed by atoms with van der Waals surface area (Å²) in [7, 11) is 0. The van der Waals surface area contributed by atoms with Crippen molar-refractivity contribution in [3.05, 3.63) is 10.1 Å². The van der Waals surface area contributed by atoms with Crippen LogP contribution in [0.5, 0.6) is 0 Å². The Bertz CT molecular complexity index is 33.8. The van der Waals surface area contributed by atoms with Crippen molar-refractivity contribution in [2.24, 2.45) is 0 Å². The normalized spacial score (nSPS) is 5.17. The third-order valence-corrected chi connectivity index (χ3v) is 0. The second-order valence-corrected chi connectivity index (χ2v) is 0.238. The van der Waals surface area contributed by atoms with E-state index < -0.39 is 55.0 Å². The van der Waals surface area contributed by atoms with E-state index in [1.807, 2.05) is 0 Å². The zero-order chi connectivity index (χ0) is 5.58. The Morgan fingerprint density at radius 1 is 1.83 bits per heavy atom. The summed E-state index contributed by atoms with van der Waals surface area (Å²) >= 11 is -0.438. The Morgan fingerprint density at radius 3 is 1.83 bits per heavy atom. The van der Waals surface area contributed by atoms with E-state index >= 15 is 0 Å². The summed E-state index contributed by atoms with van der Waals surface area (Å²) in [6.07, 6.45) is 0. The second kappa shape index (κ2) is 9.23. The van der Waals surface area contributed by atoms with Crippen LogP contribution < -0.4 is 0 Å². The molecule has 0 rings (SSSR count). The van der Waals surface area contributed by atoms with Crippen LogP contribution in [0.15, 0.2) is 0 Å². The average Bonchev–Trinajstić information content (AvgIpc) is 1.41. The van der Waals surface area contributed by atoms with Crippen LogP contribution in [-0.4, -0.2) is 60.2 Å². The van der Waals surface area contributed by atoms with Gasteiger partial charge in [0.05, 0.1) is 0 Å². The first-order valence-electron chi connectivity index (χ1n) is 0.943. The molecule has 6 heteroatoms.